The lowest BCUT2D eigenvalue weighted by Crippen LogP contribution is -2.33. The molecule has 0 aromatic carbocycles. The highest BCUT2D eigenvalue weighted by atomic mass is 31.2. The van der Waals surface area contributed by atoms with E-state index in [1.165, 1.54) is 24.5 Å². The van der Waals surface area contributed by atoms with Gasteiger partial charge in [0.05, 0.1) is 12.7 Å². The van der Waals surface area contributed by atoms with Crippen molar-refractivity contribution in [3.05, 3.63) is 32.6 Å². The van der Waals surface area contributed by atoms with Gasteiger partial charge in [-0.05, 0) is 6.92 Å². The molecule has 2 N–H and O–H groups in total. The fourth-order valence-electron chi connectivity index (χ4n) is 2.24. The van der Waals surface area contributed by atoms with Crippen molar-refractivity contribution in [2.45, 2.75) is 31.8 Å². The number of nitrogens with zero attached hydrogens (tertiary/aromatic N) is 1. The van der Waals surface area contributed by atoms with Crippen LogP contribution >= 0.6 is 7.60 Å². The van der Waals surface area contributed by atoms with Crippen LogP contribution in [0.1, 0.15) is 18.2 Å². The van der Waals surface area contributed by atoms with E-state index in [1.54, 1.807) is 6.92 Å². The first-order chi connectivity index (χ1) is 10.3. The second kappa shape index (κ2) is 6.47. The summed E-state index contributed by atoms with van der Waals surface area (Å²) < 4.78 is 28.8. The molecular formula is C12H19N2O7P. The zero-order valence-corrected chi connectivity index (χ0v) is 13.4. The van der Waals surface area contributed by atoms with Crippen molar-refractivity contribution in [1.29, 1.82) is 0 Å². The van der Waals surface area contributed by atoms with Crippen LogP contribution in [-0.2, 0) is 18.3 Å². The molecule has 0 radical (unpaired) electrons. The third kappa shape index (κ3) is 3.56. The molecule has 0 spiro atoms. The molecule has 1 aromatic rings. The molecular weight excluding hydrogens is 315 g/mol. The van der Waals surface area contributed by atoms with Crippen LogP contribution in [0.3, 0.4) is 0 Å². The van der Waals surface area contributed by atoms with Gasteiger partial charge in [-0.1, -0.05) is 0 Å². The Morgan fingerprint density at radius 2 is 2.23 bits per heavy atom. The van der Waals surface area contributed by atoms with Crippen molar-refractivity contribution in [3.63, 3.8) is 0 Å². The van der Waals surface area contributed by atoms with Crippen LogP contribution in [0.15, 0.2) is 15.8 Å². The molecule has 22 heavy (non-hydrogen) atoms. The topological polar surface area (TPSA) is 120 Å². The number of ether oxygens (including phenoxy) is 1. The van der Waals surface area contributed by atoms with Crippen molar-refractivity contribution in [2.24, 2.45) is 0 Å². The third-order valence-electron chi connectivity index (χ3n) is 3.48. The molecule has 0 amide bonds. The van der Waals surface area contributed by atoms with Gasteiger partial charge in [0.25, 0.3) is 5.56 Å². The molecule has 2 heterocycles. The summed E-state index contributed by atoms with van der Waals surface area (Å²) >= 11 is 0. The van der Waals surface area contributed by atoms with Crippen molar-refractivity contribution in [3.8, 4) is 0 Å². The monoisotopic (exact) mass is 334 g/mol. The summed E-state index contributed by atoms with van der Waals surface area (Å²) in [7, 11) is -2.00. The van der Waals surface area contributed by atoms with Gasteiger partial charge in [0.15, 0.2) is 0 Å². The highest BCUT2D eigenvalue weighted by molar-refractivity contribution is 7.52. The quantitative estimate of drug-likeness (QED) is 0.726. The zero-order valence-electron chi connectivity index (χ0n) is 12.5. The Hall–Kier alpha value is -1.25. The number of rotatable bonds is 5. The van der Waals surface area contributed by atoms with Gasteiger partial charge < -0.3 is 18.9 Å². The van der Waals surface area contributed by atoms with Gasteiger partial charge in [-0.15, -0.1) is 0 Å². The van der Waals surface area contributed by atoms with Crippen molar-refractivity contribution in [1.82, 2.24) is 9.55 Å². The Morgan fingerprint density at radius 1 is 1.55 bits per heavy atom. The highest BCUT2D eigenvalue weighted by Gasteiger charge is 2.40. The van der Waals surface area contributed by atoms with Crippen LogP contribution in [0, 0.1) is 6.92 Å². The third-order valence-corrected chi connectivity index (χ3v) is 4.79. The number of aryl methyl sites for hydroxylation is 1. The molecule has 1 fully saturated rings. The normalized spacial score (nSPS) is 27.7. The highest BCUT2D eigenvalue weighted by Crippen LogP contribution is 2.47. The van der Waals surface area contributed by atoms with Gasteiger partial charge in [-0.25, -0.2) is 4.79 Å². The molecule has 1 aromatic heterocycles. The lowest BCUT2D eigenvalue weighted by molar-refractivity contribution is -0.0434. The van der Waals surface area contributed by atoms with E-state index in [4.69, 9.17) is 13.8 Å². The number of hydrogen-bond donors (Lipinski definition) is 2. The Balaban J connectivity index is 2.25. The van der Waals surface area contributed by atoms with Gasteiger partial charge in [0.1, 0.15) is 12.3 Å². The number of aliphatic hydroxyl groups excluding tert-OH is 1. The number of H-pyrrole nitrogens is 1. The van der Waals surface area contributed by atoms with Crippen LogP contribution in [0.2, 0.25) is 0 Å². The zero-order chi connectivity index (χ0) is 16.5. The second-order valence-electron chi connectivity index (χ2n) is 5.12. The van der Waals surface area contributed by atoms with E-state index >= 15 is 0 Å². The Bertz CT molecular complexity index is 697. The molecule has 1 aliphatic rings. The lowest BCUT2D eigenvalue weighted by atomic mass is 10.2. The Labute approximate surface area is 126 Å². The second-order valence-corrected chi connectivity index (χ2v) is 7.24. The fourth-order valence-corrected chi connectivity index (χ4v) is 3.03. The van der Waals surface area contributed by atoms with E-state index in [0.717, 1.165) is 0 Å². The van der Waals surface area contributed by atoms with Gasteiger partial charge in [-0.3, -0.25) is 18.9 Å². The Morgan fingerprint density at radius 3 is 2.82 bits per heavy atom. The molecule has 1 aliphatic heterocycles. The smallest absolute Gasteiger partial charge is 0.330 e. The maximum atomic E-state index is 11.9. The van der Waals surface area contributed by atoms with Crippen molar-refractivity contribution < 1.29 is 23.5 Å². The number of nitrogens with one attached hydrogen (secondary N) is 1. The van der Waals surface area contributed by atoms with E-state index in [1.807, 2.05) is 0 Å². The van der Waals surface area contributed by atoms with E-state index in [-0.39, 0.29) is 13.0 Å². The first-order valence-electron chi connectivity index (χ1n) is 6.67. The van der Waals surface area contributed by atoms with Gasteiger partial charge >= 0.3 is 13.3 Å². The fraction of sp³-hybridized carbons (Fsp3) is 0.667. The summed E-state index contributed by atoms with van der Waals surface area (Å²) in [6.45, 7) is 2.51. The minimum Gasteiger partial charge on any atom is -0.394 e. The molecule has 0 saturated carbocycles. The van der Waals surface area contributed by atoms with Crippen LogP contribution in [-0.4, -0.2) is 47.2 Å². The van der Waals surface area contributed by atoms with E-state index in [0.29, 0.717) is 5.56 Å². The van der Waals surface area contributed by atoms with Crippen molar-refractivity contribution >= 4 is 7.60 Å². The maximum absolute atomic E-state index is 11.9. The summed E-state index contributed by atoms with van der Waals surface area (Å²) in [5.74, 6) is 0. The SMILES string of the molecule is COP(C)(=O)O[C@H]1C[C@H](n2cc(C)c(=O)[nH]c2=O)O[C@@H]1CO. The number of aromatic nitrogens is 2. The molecule has 0 bridgehead atoms. The van der Waals surface area contributed by atoms with Crippen LogP contribution in [0.25, 0.3) is 0 Å². The summed E-state index contributed by atoms with van der Waals surface area (Å²) in [4.78, 5) is 25.4. The van der Waals surface area contributed by atoms with Gasteiger partial charge in [0, 0.05) is 32.0 Å². The van der Waals surface area contributed by atoms with Gasteiger partial charge in [-0.2, -0.15) is 0 Å². The predicted molar refractivity (Wildman–Crippen MR) is 77.1 cm³/mol. The largest absolute Gasteiger partial charge is 0.394 e. The number of aliphatic hydroxyl groups is 1. The predicted octanol–water partition coefficient (Wildman–Crippen LogP) is -0.0207. The number of aromatic amines is 1. The van der Waals surface area contributed by atoms with Crippen LogP contribution in [0.4, 0.5) is 0 Å². The molecule has 9 nitrogen and oxygen atoms in total. The van der Waals surface area contributed by atoms with Crippen molar-refractivity contribution in [2.75, 3.05) is 20.4 Å². The average molecular weight is 334 g/mol. The van der Waals surface area contributed by atoms with E-state index < -0.39 is 37.3 Å². The molecule has 124 valence electrons. The standard InChI is InChI=1S/C12H19N2O7P/c1-7-5-14(12(17)13-11(7)16)10-4-8(9(6-15)20-10)21-22(3,18)19-2/h5,8-10,15H,4,6H2,1-3H3,(H,13,16,17)/t8-,9+,10+,22?/m0/s1. The minimum absolute atomic E-state index is 0.192. The molecule has 2 rings (SSSR count). The van der Waals surface area contributed by atoms with E-state index in [2.05, 4.69) is 4.98 Å². The summed E-state index contributed by atoms with van der Waals surface area (Å²) in [6.07, 6.45) is -0.595. The summed E-state index contributed by atoms with van der Waals surface area (Å²) in [6, 6.07) is 0. The molecule has 1 unspecified atom stereocenters. The molecule has 10 heteroatoms. The first kappa shape index (κ1) is 17.1. The van der Waals surface area contributed by atoms with E-state index in [9.17, 15) is 19.3 Å². The summed E-state index contributed by atoms with van der Waals surface area (Å²) in [5.41, 5.74) is -0.737. The van der Waals surface area contributed by atoms with Crippen LogP contribution < -0.4 is 11.2 Å². The Kier molecular flexibility index (Phi) is 5.03. The number of hydrogen-bond acceptors (Lipinski definition) is 7. The molecule has 0 aliphatic carbocycles. The lowest BCUT2D eigenvalue weighted by Gasteiger charge is -2.19. The molecule has 1 saturated heterocycles. The van der Waals surface area contributed by atoms with Gasteiger partial charge in [0.2, 0.25) is 0 Å². The maximum Gasteiger partial charge on any atom is 0.330 e. The summed E-state index contributed by atoms with van der Waals surface area (Å²) in [5, 5.41) is 9.36. The van der Waals surface area contributed by atoms with Crippen LogP contribution in [0.5, 0.6) is 0 Å². The first-order valence-corrected chi connectivity index (χ1v) is 8.66. The molecule has 4 atom stereocenters. The minimum atomic E-state index is -3.26. The average Bonchev–Trinajstić information content (AvgIpc) is 2.84.